The van der Waals surface area contributed by atoms with E-state index in [0.717, 1.165) is 28.7 Å². The van der Waals surface area contributed by atoms with Gasteiger partial charge >= 0.3 is 0 Å². The Morgan fingerprint density at radius 1 is 1.08 bits per heavy atom. The molecule has 0 saturated heterocycles. The average molecular weight is 319 g/mol. The van der Waals surface area contributed by atoms with E-state index in [2.05, 4.69) is 32.2 Å². The molecule has 0 unspecified atom stereocenters. The Kier molecular flexibility index (Phi) is 3.45. The highest BCUT2D eigenvalue weighted by molar-refractivity contribution is 5.98. The number of hydrogen-bond donors (Lipinski definition) is 1. The van der Waals surface area contributed by atoms with E-state index in [1.165, 1.54) is 0 Å². The van der Waals surface area contributed by atoms with Crippen LogP contribution >= 0.6 is 0 Å². The van der Waals surface area contributed by atoms with Crippen molar-refractivity contribution >= 4 is 28.6 Å². The molecule has 2 aromatic heterocycles. The van der Waals surface area contributed by atoms with Gasteiger partial charge in [0.1, 0.15) is 0 Å². The summed E-state index contributed by atoms with van der Waals surface area (Å²) in [6.45, 7) is 4.01. The van der Waals surface area contributed by atoms with Gasteiger partial charge in [0.05, 0.1) is 22.5 Å². The highest BCUT2D eigenvalue weighted by atomic mass is 16.1. The lowest BCUT2D eigenvalue weighted by Gasteiger charge is -2.19. The van der Waals surface area contributed by atoms with Crippen molar-refractivity contribution in [1.82, 2.24) is 19.9 Å². The quantitative estimate of drug-likeness (QED) is 0.781. The number of nitrogens with one attached hydrogen (secondary N) is 1. The van der Waals surface area contributed by atoms with Crippen LogP contribution in [0.5, 0.6) is 0 Å². The summed E-state index contributed by atoms with van der Waals surface area (Å²) in [5.74, 6) is 1.31. The fourth-order valence-corrected chi connectivity index (χ4v) is 3.09. The van der Waals surface area contributed by atoms with Gasteiger partial charge < -0.3 is 0 Å². The smallest absolute Gasteiger partial charge is 0.230 e. The number of aryl methyl sites for hydroxylation is 1. The second-order valence-electron chi connectivity index (χ2n) is 6.27. The fourth-order valence-electron chi connectivity index (χ4n) is 3.09. The normalized spacial score (nSPS) is 16.9. The number of ketones is 1. The monoisotopic (exact) mass is 319 g/mol. The summed E-state index contributed by atoms with van der Waals surface area (Å²) >= 11 is 0. The predicted octanol–water partition coefficient (Wildman–Crippen LogP) is 3.24. The summed E-state index contributed by atoms with van der Waals surface area (Å²) in [6, 6.07) is 7.86. The van der Waals surface area contributed by atoms with Crippen molar-refractivity contribution in [3.63, 3.8) is 0 Å². The van der Waals surface area contributed by atoms with Gasteiger partial charge in [0.15, 0.2) is 5.78 Å². The Hall–Kier alpha value is -2.89. The first-order valence-corrected chi connectivity index (χ1v) is 7.99. The number of benzene rings is 1. The lowest BCUT2D eigenvalue weighted by Crippen LogP contribution is -2.20. The van der Waals surface area contributed by atoms with Crippen LogP contribution in [0.25, 0.3) is 10.9 Å². The maximum Gasteiger partial charge on any atom is 0.230 e. The first kappa shape index (κ1) is 14.7. The molecular weight excluding hydrogens is 302 g/mol. The Morgan fingerprint density at radius 2 is 1.92 bits per heavy atom. The number of carbonyl (C=O) groups excluding carboxylic acids is 1. The Morgan fingerprint density at radius 3 is 2.79 bits per heavy atom. The van der Waals surface area contributed by atoms with Gasteiger partial charge in [-0.25, -0.2) is 19.9 Å². The van der Waals surface area contributed by atoms with Crippen molar-refractivity contribution in [3.8, 4) is 0 Å². The predicted molar refractivity (Wildman–Crippen MR) is 91.4 cm³/mol. The minimum atomic E-state index is 0.119. The Labute approximate surface area is 139 Å². The number of fused-ring (bicyclic) bond motifs is 2. The topological polar surface area (TPSA) is 80.7 Å². The molecule has 0 spiro atoms. The van der Waals surface area contributed by atoms with Crippen LogP contribution in [-0.4, -0.2) is 25.7 Å². The second-order valence-corrected chi connectivity index (χ2v) is 6.27. The van der Waals surface area contributed by atoms with Crippen LogP contribution < -0.4 is 5.32 Å². The highest BCUT2D eigenvalue weighted by Gasteiger charge is 2.24. The molecule has 0 saturated carbocycles. The number of carbonyl (C=O) groups is 1. The van der Waals surface area contributed by atoms with Crippen LogP contribution in [-0.2, 0) is 6.42 Å². The van der Waals surface area contributed by atoms with E-state index in [-0.39, 0.29) is 5.78 Å². The maximum absolute atomic E-state index is 12.0. The molecule has 1 aliphatic rings. The molecule has 1 aromatic carbocycles. The van der Waals surface area contributed by atoms with Gasteiger partial charge in [0, 0.05) is 18.0 Å². The second kappa shape index (κ2) is 5.63. The molecule has 1 aliphatic carbocycles. The van der Waals surface area contributed by atoms with Crippen molar-refractivity contribution < 1.29 is 4.79 Å². The molecule has 24 heavy (non-hydrogen) atoms. The van der Waals surface area contributed by atoms with Crippen LogP contribution in [0, 0.1) is 12.8 Å². The van der Waals surface area contributed by atoms with Gasteiger partial charge in [0.25, 0.3) is 0 Å². The number of nitrogens with zero attached hydrogens (tertiary/aromatic N) is 4. The number of Topliss-reactive ketones (excluding diaryl/α,β-unsaturated/α-hetero) is 1. The third-order valence-corrected chi connectivity index (χ3v) is 4.26. The number of para-hydroxylation sites is 1. The zero-order chi connectivity index (χ0) is 16.7. The lowest BCUT2D eigenvalue weighted by molar-refractivity contribution is 0.0951. The molecule has 0 bridgehead atoms. The van der Waals surface area contributed by atoms with Gasteiger partial charge in [0.2, 0.25) is 11.9 Å². The van der Waals surface area contributed by atoms with Crippen LogP contribution in [0.1, 0.15) is 35.1 Å². The zero-order valence-corrected chi connectivity index (χ0v) is 13.6. The molecule has 0 fully saturated rings. The van der Waals surface area contributed by atoms with Gasteiger partial charge in [-0.05, 0) is 25.3 Å². The van der Waals surface area contributed by atoms with Crippen LogP contribution in [0.15, 0.2) is 30.5 Å². The van der Waals surface area contributed by atoms with E-state index < -0.39 is 0 Å². The fraction of sp³-hybridized carbons (Fsp3) is 0.278. The largest absolute Gasteiger partial charge is 0.294 e. The molecule has 0 aliphatic heterocycles. The Balaban J connectivity index is 1.69. The standard InChI is InChI=1S/C18H17N5O/c1-10-7-15-13(16(24)8-10)9-19-17(22-15)23-18-20-11(2)12-5-3-4-6-14(12)21-18/h3-6,9-10H,7-8H2,1-2H3,(H,19,20,21,22,23)/t10-/m1/s1. The van der Waals surface area contributed by atoms with Gasteiger partial charge in [-0.2, -0.15) is 0 Å². The van der Waals surface area contributed by atoms with Crippen LogP contribution in [0.4, 0.5) is 11.9 Å². The molecule has 2 heterocycles. The molecule has 120 valence electrons. The molecule has 4 rings (SSSR count). The molecular formula is C18H17N5O. The third kappa shape index (κ3) is 2.60. The molecule has 6 heteroatoms. The number of hydrogen-bond acceptors (Lipinski definition) is 6. The van der Waals surface area contributed by atoms with E-state index in [1.807, 2.05) is 31.2 Å². The number of anilines is 2. The SMILES string of the molecule is Cc1nc(Nc2ncc3c(n2)C[C@@H](C)CC3=O)nc2ccccc12. The summed E-state index contributed by atoms with van der Waals surface area (Å²) < 4.78 is 0. The van der Waals surface area contributed by atoms with Crippen molar-refractivity contribution in [1.29, 1.82) is 0 Å². The van der Waals surface area contributed by atoms with Crippen LogP contribution in [0.3, 0.4) is 0 Å². The first-order chi connectivity index (χ1) is 11.6. The average Bonchev–Trinajstić information content (AvgIpc) is 2.54. The molecule has 1 atom stereocenters. The minimum absolute atomic E-state index is 0.119. The molecule has 0 radical (unpaired) electrons. The van der Waals surface area contributed by atoms with Gasteiger partial charge in [-0.15, -0.1) is 0 Å². The van der Waals surface area contributed by atoms with E-state index >= 15 is 0 Å². The van der Waals surface area contributed by atoms with Crippen molar-refractivity contribution in [3.05, 3.63) is 47.4 Å². The molecule has 6 nitrogen and oxygen atoms in total. The van der Waals surface area contributed by atoms with E-state index in [1.54, 1.807) is 6.20 Å². The summed E-state index contributed by atoms with van der Waals surface area (Å²) in [6.07, 6.45) is 2.96. The van der Waals surface area contributed by atoms with Crippen molar-refractivity contribution in [2.24, 2.45) is 5.92 Å². The van der Waals surface area contributed by atoms with Crippen molar-refractivity contribution in [2.45, 2.75) is 26.7 Å². The summed E-state index contributed by atoms with van der Waals surface area (Å²) in [5, 5.41) is 4.08. The van der Waals surface area contributed by atoms with Gasteiger partial charge in [-0.3, -0.25) is 10.1 Å². The zero-order valence-electron chi connectivity index (χ0n) is 13.6. The first-order valence-electron chi connectivity index (χ1n) is 7.99. The maximum atomic E-state index is 12.0. The summed E-state index contributed by atoms with van der Waals surface area (Å²) in [4.78, 5) is 29.8. The molecule has 0 amide bonds. The molecule has 1 N–H and O–H groups in total. The highest BCUT2D eigenvalue weighted by Crippen LogP contribution is 2.25. The lowest BCUT2D eigenvalue weighted by atomic mass is 9.88. The third-order valence-electron chi connectivity index (χ3n) is 4.26. The number of rotatable bonds is 2. The van der Waals surface area contributed by atoms with Crippen LogP contribution in [0.2, 0.25) is 0 Å². The van der Waals surface area contributed by atoms with E-state index in [0.29, 0.717) is 29.8 Å². The minimum Gasteiger partial charge on any atom is -0.294 e. The summed E-state index contributed by atoms with van der Waals surface area (Å²) in [7, 11) is 0. The molecule has 3 aromatic rings. The summed E-state index contributed by atoms with van der Waals surface area (Å²) in [5.41, 5.74) is 3.20. The van der Waals surface area contributed by atoms with E-state index in [9.17, 15) is 4.79 Å². The van der Waals surface area contributed by atoms with E-state index in [4.69, 9.17) is 0 Å². The number of aromatic nitrogens is 4. The van der Waals surface area contributed by atoms with Gasteiger partial charge in [-0.1, -0.05) is 25.1 Å². The van der Waals surface area contributed by atoms with Crippen molar-refractivity contribution in [2.75, 3.05) is 5.32 Å². The Bertz CT molecular complexity index is 953.